The number of aromatic nitrogens is 2. The average Bonchev–Trinajstić information content (AvgIpc) is 2.81. The summed E-state index contributed by atoms with van der Waals surface area (Å²) in [7, 11) is 1.44. The van der Waals surface area contributed by atoms with Gasteiger partial charge in [0.2, 0.25) is 11.7 Å². The highest BCUT2D eigenvalue weighted by Crippen LogP contribution is 2.42. The van der Waals surface area contributed by atoms with Crippen LogP contribution in [0.15, 0.2) is 10.6 Å². The molecule has 3 N–H and O–H groups in total. The van der Waals surface area contributed by atoms with Crippen molar-refractivity contribution in [3.8, 4) is 22.9 Å². The van der Waals surface area contributed by atoms with Crippen molar-refractivity contribution in [3.63, 3.8) is 0 Å². The molecule has 0 aliphatic heterocycles. The Labute approximate surface area is 108 Å². The number of methoxy groups -OCH3 is 1. The van der Waals surface area contributed by atoms with E-state index in [1.807, 2.05) is 0 Å². The lowest BCUT2D eigenvalue weighted by atomic mass is 10.1. The molecule has 1 aromatic heterocycles. The minimum absolute atomic E-state index is 0.0813. The fourth-order valence-electron chi connectivity index (χ4n) is 1.63. The molecule has 0 fully saturated rings. The fourth-order valence-corrected chi connectivity index (χ4v) is 1.82. The minimum Gasteiger partial charge on any atom is -0.504 e. The Bertz CT molecular complexity index is 583. The van der Waals surface area contributed by atoms with Crippen LogP contribution in [0.1, 0.15) is 11.5 Å². The first-order valence-electron chi connectivity index (χ1n) is 5.17. The minimum atomic E-state index is -0.0813. The Balaban J connectivity index is 2.68. The molecule has 96 valence electrons. The molecular formula is C11H12ClN3O3. The van der Waals surface area contributed by atoms with E-state index in [-0.39, 0.29) is 23.9 Å². The first-order chi connectivity index (χ1) is 8.58. The first kappa shape index (κ1) is 12.7. The maximum atomic E-state index is 9.80. The van der Waals surface area contributed by atoms with E-state index in [1.54, 1.807) is 6.92 Å². The van der Waals surface area contributed by atoms with Crippen molar-refractivity contribution in [3.05, 3.63) is 22.5 Å². The molecule has 2 rings (SSSR count). The number of phenols is 1. The number of nitrogens with zero attached hydrogens (tertiary/aromatic N) is 2. The van der Waals surface area contributed by atoms with Gasteiger partial charge in [0.1, 0.15) is 0 Å². The monoisotopic (exact) mass is 269 g/mol. The summed E-state index contributed by atoms with van der Waals surface area (Å²) in [6, 6.07) is 1.41. The smallest absolute Gasteiger partial charge is 0.240 e. The number of benzene rings is 1. The molecule has 6 nitrogen and oxygen atoms in total. The van der Waals surface area contributed by atoms with Gasteiger partial charge in [0.25, 0.3) is 0 Å². The van der Waals surface area contributed by atoms with Crippen molar-refractivity contribution in [2.45, 2.75) is 13.5 Å². The van der Waals surface area contributed by atoms with Gasteiger partial charge in [-0.3, -0.25) is 0 Å². The normalized spacial score (nSPS) is 10.7. The van der Waals surface area contributed by atoms with E-state index in [9.17, 15) is 5.11 Å². The molecule has 0 unspecified atom stereocenters. The van der Waals surface area contributed by atoms with E-state index in [0.29, 0.717) is 22.0 Å². The molecule has 0 bridgehead atoms. The molecule has 0 saturated carbocycles. The molecule has 0 saturated heterocycles. The van der Waals surface area contributed by atoms with Crippen molar-refractivity contribution in [2.75, 3.05) is 7.11 Å². The second-order valence-electron chi connectivity index (χ2n) is 3.63. The molecule has 1 heterocycles. The van der Waals surface area contributed by atoms with E-state index in [0.717, 1.165) is 0 Å². The van der Waals surface area contributed by atoms with Crippen LogP contribution in [0.3, 0.4) is 0 Å². The standard InChI is InChI=1S/C11H12ClN3O3/c1-5-6(12)3-7(16)10(17-2)9(5)11-14-8(4-13)18-15-11/h3,16H,4,13H2,1-2H3. The molecular weight excluding hydrogens is 258 g/mol. The molecule has 2 aromatic rings. The van der Waals surface area contributed by atoms with Crippen LogP contribution >= 0.6 is 11.6 Å². The summed E-state index contributed by atoms with van der Waals surface area (Å²) in [4.78, 5) is 4.10. The Morgan fingerprint density at radius 3 is 2.83 bits per heavy atom. The Kier molecular flexibility index (Phi) is 3.40. The SMILES string of the molecule is COc1c(O)cc(Cl)c(C)c1-c1noc(CN)n1. The average molecular weight is 270 g/mol. The summed E-state index contributed by atoms with van der Waals surface area (Å²) in [6.07, 6.45) is 0. The van der Waals surface area contributed by atoms with Crippen LogP contribution in [0.5, 0.6) is 11.5 Å². The number of halogens is 1. The lowest BCUT2D eigenvalue weighted by Crippen LogP contribution is -1.97. The third-order valence-electron chi connectivity index (χ3n) is 2.53. The maximum Gasteiger partial charge on any atom is 0.240 e. The van der Waals surface area contributed by atoms with Crippen molar-refractivity contribution >= 4 is 11.6 Å². The number of aromatic hydroxyl groups is 1. The highest BCUT2D eigenvalue weighted by molar-refractivity contribution is 6.32. The van der Waals surface area contributed by atoms with Crippen LogP contribution in [-0.4, -0.2) is 22.4 Å². The van der Waals surface area contributed by atoms with E-state index >= 15 is 0 Å². The molecule has 1 aromatic carbocycles. The largest absolute Gasteiger partial charge is 0.504 e. The third kappa shape index (κ3) is 2.00. The quantitative estimate of drug-likeness (QED) is 0.883. The van der Waals surface area contributed by atoms with Gasteiger partial charge in [-0.2, -0.15) is 4.98 Å². The summed E-state index contributed by atoms with van der Waals surface area (Å²) in [5.74, 6) is 0.747. The van der Waals surface area contributed by atoms with Gasteiger partial charge in [-0.05, 0) is 12.5 Å². The van der Waals surface area contributed by atoms with Gasteiger partial charge < -0.3 is 20.1 Å². The van der Waals surface area contributed by atoms with Crippen molar-refractivity contribution in [1.29, 1.82) is 0 Å². The van der Waals surface area contributed by atoms with Gasteiger partial charge in [0.15, 0.2) is 11.5 Å². The van der Waals surface area contributed by atoms with E-state index in [4.69, 9.17) is 26.6 Å². The first-order valence-corrected chi connectivity index (χ1v) is 5.55. The van der Waals surface area contributed by atoms with Crippen LogP contribution in [0.25, 0.3) is 11.4 Å². The van der Waals surface area contributed by atoms with Crippen LogP contribution in [-0.2, 0) is 6.54 Å². The van der Waals surface area contributed by atoms with Crippen LogP contribution in [0, 0.1) is 6.92 Å². The molecule has 0 aliphatic carbocycles. The van der Waals surface area contributed by atoms with Crippen molar-refractivity contribution in [2.24, 2.45) is 5.73 Å². The second kappa shape index (κ2) is 4.83. The molecule has 0 radical (unpaired) electrons. The predicted octanol–water partition coefficient (Wildman–Crippen LogP) is 1.87. The van der Waals surface area contributed by atoms with E-state index in [1.165, 1.54) is 13.2 Å². The van der Waals surface area contributed by atoms with Gasteiger partial charge in [0, 0.05) is 11.1 Å². The molecule has 0 aliphatic rings. The van der Waals surface area contributed by atoms with Crippen LogP contribution in [0.4, 0.5) is 0 Å². The molecule has 0 amide bonds. The lowest BCUT2D eigenvalue weighted by Gasteiger charge is -2.11. The Hall–Kier alpha value is -1.79. The number of ether oxygens (including phenoxy) is 1. The number of hydrogen-bond donors (Lipinski definition) is 2. The van der Waals surface area contributed by atoms with E-state index < -0.39 is 0 Å². The molecule has 0 atom stereocenters. The highest BCUT2D eigenvalue weighted by atomic mass is 35.5. The summed E-state index contributed by atoms with van der Waals surface area (Å²) < 4.78 is 10.1. The van der Waals surface area contributed by atoms with Gasteiger partial charge in [-0.25, -0.2) is 0 Å². The zero-order valence-electron chi connectivity index (χ0n) is 9.90. The van der Waals surface area contributed by atoms with Crippen molar-refractivity contribution < 1.29 is 14.4 Å². The number of phenolic OH excluding ortho intramolecular Hbond substituents is 1. The highest BCUT2D eigenvalue weighted by Gasteiger charge is 2.21. The topological polar surface area (TPSA) is 94.4 Å². The van der Waals surface area contributed by atoms with Gasteiger partial charge in [0.05, 0.1) is 19.2 Å². The zero-order valence-corrected chi connectivity index (χ0v) is 10.7. The number of hydrogen-bond acceptors (Lipinski definition) is 6. The van der Waals surface area contributed by atoms with Gasteiger partial charge in [-0.1, -0.05) is 16.8 Å². The molecule has 7 heteroatoms. The van der Waals surface area contributed by atoms with Gasteiger partial charge >= 0.3 is 0 Å². The Morgan fingerprint density at radius 1 is 1.56 bits per heavy atom. The summed E-state index contributed by atoms with van der Waals surface area (Å²) >= 11 is 6.01. The third-order valence-corrected chi connectivity index (χ3v) is 2.92. The summed E-state index contributed by atoms with van der Waals surface area (Å²) in [5.41, 5.74) is 6.59. The molecule has 0 spiro atoms. The van der Waals surface area contributed by atoms with E-state index in [2.05, 4.69) is 10.1 Å². The van der Waals surface area contributed by atoms with Crippen LogP contribution < -0.4 is 10.5 Å². The molecule has 18 heavy (non-hydrogen) atoms. The summed E-state index contributed by atoms with van der Waals surface area (Å²) in [5, 5.41) is 14.0. The number of nitrogens with two attached hydrogens (primary N) is 1. The van der Waals surface area contributed by atoms with Crippen molar-refractivity contribution in [1.82, 2.24) is 10.1 Å². The van der Waals surface area contributed by atoms with Crippen LogP contribution in [0.2, 0.25) is 5.02 Å². The summed E-state index contributed by atoms with van der Waals surface area (Å²) in [6.45, 7) is 1.92. The zero-order chi connectivity index (χ0) is 13.3. The lowest BCUT2D eigenvalue weighted by molar-refractivity contribution is 0.371. The predicted molar refractivity (Wildman–Crippen MR) is 65.6 cm³/mol. The maximum absolute atomic E-state index is 9.80. The Morgan fingerprint density at radius 2 is 2.28 bits per heavy atom. The fraction of sp³-hybridized carbons (Fsp3) is 0.273. The second-order valence-corrected chi connectivity index (χ2v) is 4.03. The number of rotatable bonds is 3. The van der Waals surface area contributed by atoms with Gasteiger partial charge in [-0.15, -0.1) is 0 Å².